The summed E-state index contributed by atoms with van der Waals surface area (Å²) in [6, 6.07) is 13.9. The standard InChI is InChI=1S/C17H12N2O/c1-11-7-8-12-16-14(6-4-10-19-16)20-17(12)15(11)13-5-2-3-9-18-13/h2-10H,1H3. The van der Waals surface area contributed by atoms with Gasteiger partial charge in [-0.15, -0.1) is 0 Å². The van der Waals surface area contributed by atoms with Gasteiger partial charge in [0.1, 0.15) is 11.1 Å². The molecule has 3 aromatic heterocycles. The molecular weight excluding hydrogens is 248 g/mol. The van der Waals surface area contributed by atoms with Crippen LogP contribution in [0.2, 0.25) is 0 Å². The minimum Gasteiger partial charge on any atom is -0.454 e. The summed E-state index contributed by atoms with van der Waals surface area (Å²) in [6.45, 7) is 2.07. The average Bonchev–Trinajstić information content (AvgIpc) is 2.86. The molecule has 0 unspecified atom stereocenters. The van der Waals surface area contributed by atoms with Crippen molar-refractivity contribution in [1.82, 2.24) is 9.97 Å². The average molecular weight is 260 g/mol. The van der Waals surface area contributed by atoms with Crippen molar-refractivity contribution in [2.45, 2.75) is 6.92 Å². The Morgan fingerprint density at radius 1 is 0.900 bits per heavy atom. The third kappa shape index (κ3) is 1.53. The normalized spacial score (nSPS) is 11.2. The Hall–Kier alpha value is -2.68. The van der Waals surface area contributed by atoms with Gasteiger partial charge in [0.15, 0.2) is 5.58 Å². The number of pyridine rings is 2. The van der Waals surface area contributed by atoms with Crippen LogP contribution in [-0.2, 0) is 0 Å². The van der Waals surface area contributed by atoms with E-state index in [1.165, 1.54) is 0 Å². The van der Waals surface area contributed by atoms with E-state index in [1.807, 2.05) is 30.3 Å². The lowest BCUT2D eigenvalue weighted by Crippen LogP contribution is -1.87. The summed E-state index contributed by atoms with van der Waals surface area (Å²) < 4.78 is 6.02. The second-order valence-corrected chi connectivity index (χ2v) is 4.80. The maximum Gasteiger partial charge on any atom is 0.153 e. The van der Waals surface area contributed by atoms with Crippen LogP contribution in [0.5, 0.6) is 0 Å². The Bertz CT molecular complexity index is 910. The molecule has 3 heterocycles. The van der Waals surface area contributed by atoms with Gasteiger partial charge in [-0.25, -0.2) is 0 Å². The minimum absolute atomic E-state index is 0.810. The van der Waals surface area contributed by atoms with Crippen molar-refractivity contribution in [1.29, 1.82) is 0 Å². The smallest absolute Gasteiger partial charge is 0.153 e. The molecule has 0 amide bonds. The SMILES string of the molecule is Cc1ccc2c(oc3cccnc32)c1-c1ccccn1. The molecule has 0 fully saturated rings. The fourth-order valence-electron chi connectivity index (χ4n) is 2.59. The third-order valence-corrected chi connectivity index (χ3v) is 3.52. The van der Waals surface area contributed by atoms with E-state index in [4.69, 9.17) is 4.42 Å². The van der Waals surface area contributed by atoms with Crippen molar-refractivity contribution in [3.63, 3.8) is 0 Å². The van der Waals surface area contributed by atoms with Gasteiger partial charge in [0.25, 0.3) is 0 Å². The second kappa shape index (κ2) is 4.17. The lowest BCUT2D eigenvalue weighted by molar-refractivity contribution is 0.668. The number of aryl methyl sites for hydroxylation is 1. The summed E-state index contributed by atoms with van der Waals surface area (Å²) in [4.78, 5) is 8.87. The van der Waals surface area contributed by atoms with E-state index < -0.39 is 0 Å². The van der Waals surface area contributed by atoms with E-state index in [1.54, 1.807) is 12.4 Å². The molecule has 0 aliphatic heterocycles. The largest absolute Gasteiger partial charge is 0.454 e. The predicted molar refractivity (Wildman–Crippen MR) is 79.5 cm³/mol. The molecule has 4 aromatic rings. The van der Waals surface area contributed by atoms with Gasteiger partial charge in [0.05, 0.1) is 5.69 Å². The fourth-order valence-corrected chi connectivity index (χ4v) is 2.59. The van der Waals surface area contributed by atoms with Gasteiger partial charge in [-0.1, -0.05) is 12.1 Å². The van der Waals surface area contributed by atoms with Crippen molar-refractivity contribution in [3.8, 4) is 11.3 Å². The summed E-state index contributed by atoms with van der Waals surface area (Å²) >= 11 is 0. The molecule has 0 saturated heterocycles. The molecule has 0 N–H and O–H groups in total. The third-order valence-electron chi connectivity index (χ3n) is 3.52. The highest BCUT2D eigenvalue weighted by Crippen LogP contribution is 2.35. The maximum atomic E-state index is 6.02. The van der Waals surface area contributed by atoms with Crippen LogP contribution < -0.4 is 0 Å². The maximum absolute atomic E-state index is 6.02. The number of furan rings is 1. The molecule has 1 aromatic carbocycles. The van der Waals surface area contributed by atoms with Crippen LogP contribution in [0.25, 0.3) is 33.3 Å². The van der Waals surface area contributed by atoms with Gasteiger partial charge in [0.2, 0.25) is 0 Å². The number of hydrogen-bond acceptors (Lipinski definition) is 3. The highest BCUT2D eigenvalue weighted by atomic mass is 16.3. The Morgan fingerprint density at radius 2 is 1.80 bits per heavy atom. The van der Waals surface area contributed by atoms with Crippen LogP contribution in [0, 0.1) is 6.92 Å². The summed E-state index contributed by atoms with van der Waals surface area (Å²) in [7, 11) is 0. The molecule has 0 saturated carbocycles. The number of aromatic nitrogens is 2. The van der Waals surface area contributed by atoms with Gasteiger partial charge < -0.3 is 4.42 Å². The van der Waals surface area contributed by atoms with Crippen LogP contribution in [0.15, 0.2) is 59.3 Å². The van der Waals surface area contributed by atoms with Crippen LogP contribution in [0.3, 0.4) is 0 Å². The van der Waals surface area contributed by atoms with Gasteiger partial charge in [-0.05, 0) is 42.8 Å². The summed E-state index contributed by atoms with van der Waals surface area (Å²) in [6.07, 6.45) is 3.59. The minimum atomic E-state index is 0.810. The Morgan fingerprint density at radius 3 is 2.65 bits per heavy atom. The van der Waals surface area contributed by atoms with Crippen molar-refractivity contribution in [2.75, 3.05) is 0 Å². The zero-order valence-electron chi connectivity index (χ0n) is 11.0. The molecule has 0 spiro atoms. The monoisotopic (exact) mass is 260 g/mol. The highest BCUT2D eigenvalue weighted by Gasteiger charge is 2.15. The van der Waals surface area contributed by atoms with Gasteiger partial charge in [-0.2, -0.15) is 0 Å². The number of benzene rings is 1. The van der Waals surface area contributed by atoms with E-state index in [9.17, 15) is 0 Å². The molecule has 0 radical (unpaired) electrons. The highest BCUT2D eigenvalue weighted by molar-refractivity contribution is 6.07. The van der Waals surface area contributed by atoms with E-state index in [0.29, 0.717) is 0 Å². The summed E-state index contributed by atoms with van der Waals surface area (Å²) in [5.41, 5.74) is 5.69. The Balaban J connectivity index is 2.17. The second-order valence-electron chi connectivity index (χ2n) is 4.80. The lowest BCUT2D eigenvalue weighted by Gasteiger charge is -2.05. The van der Waals surface area contributed by atoms with E-state index in [-0.39, 0.29) is 0 Å². The van der Waals surface area contributed by atoms with Crippen molar-refractivity contribution in [2.24, 2.45) is 0 Å². The zero-order chi connectivity index (χ0) is 13.5. The molecule has 0 aliphatic rings. The molecule has 3 nitrogen and oxygen atoms in total. The van der Waals surface area contributed by atoms with Crippen LogP contribution in [-0.4, -0.2) is 9.97 Å². The number of fused-ring (bicyclic) bond motifs is 3. The predicted octanol–water partition coefficient (Wildman–Crippen LogP) is 4.35. The first-order valence-corrected chi connectivity index (χ1v) is 6.53. The summed E-state index contributed by atoms with van der Waals surface area (Å²) in [5, 5.41) is 1.03. The van der Waals surface area contributed by atoms with Gasteiger partial charge >= 0.3 is 0 Å². The van der Waals surface area contributed by atoms with Gasteiger partial charge in [0, 0.05) is 23.3 Å². The molecule has 0 atom stereocenters. The molecule has 20 heavy (non-hydrogen) atoms. The fraction of sp³-hybridized carbons (Fsp3) is 0.0588. The van der Waals surface area contributed by atoms with Crippen molar-refractivity contribution < 1.29 is 4.42 Å². The number of rotatable bonds is 1. The first-order valence-electron chi connectivity index (χ1n) is 6.53. The first kappa shape index (κ1) is 11.2. The molecule has 3 heteroatoms. The lowest BCUT2D eigenvalue weighted by atomic mass is 10.0. The van der Waals surface area contributed by atoms with Gasteiger partial charge in [-0.3, -0.25) is 9.97 Å². The van der Waals surface area contributed by atoms with E-state index >= 15 is 0 Å². The number of nitrogens with zero attached hydrogens (tertiary/aromatic N) is 2. The van der Waals surface area contributed by atoms with E-state index in [2.05, 4.69) is 29.0 Å². The molecule has 96 valence electrons. The molecule has 4 rings (SSSR count). The zero-order valence-corrected chi connectivity index (χ0v) is 11.0. The molecule has 0 bridgehead atoms. The quantitative estimate of drug-likeness (QED) is 0.510. The summed E-state index contributed by atoms with van der Waals surface area (Å²) in [5.74, 6) is 0. The van der Waals surface area contributed by atoms with Crippen LogP contribution in [0.4, 0.5) is 0 Å². The molecule has 0 aliphatic carbocycles. The van der Waals surface area contributed by atoms with Crippen LogP contribution >= 0.6 is 0 Å². The first-order chi connectivity index (χ1) is 9.84. The molecular formula is C17H12N2O. The van der Waals surface area contributed by atoms with E-state index in [0.717, 1.165) is 38.9 Å². The van der Waals surface area contributed by atoms with Crippen molar-refractivity contribution in [3.05, 3.63) is 60.4 Å². The van der Waals surface area contributed by atoms with Crippen LogP contribution in [0.1, 0.15) is 5.56 Å². The topological polar surface area (TPSA) is 38.9 Å². The number of hydrogen-bond donors (Lipinski definition) is 0. The Labute approximate surface area is 115 Å². The van der Waals surface area contributed by atoms with Crippen molar-refractivity contribution >= 4 is 22.1 Å². The Kier molecular flexibility index (Phi) is 2.33.